The van der Waals surface area contributed by atoms with Gasteiger partial charge in [-0.25, -0.2) is 9.97 Å². The Kier molecular flexibility index (Phi) is 3.20. The number of nitrogens with one attached hydrogen (secondary N) is 1. The van der Waals surface area contributed by atoms with Gasteiger partial charge < -0.3 is 9.55 Å². The van der Waals surface area contributed by atoms with E-state index in [1.165, 1.54) is 0 Å². The molecule has 0 spiro atoms. The molecule has 4 nitrogen and oxygen atoms in total. The monoisotopic (exact) mass is 290 g/mol. The third kappa shape index (κ3) is 2.46. The Morgan fingerprint density at radius 1 is 1.42 bits per heavy atom. The van der Waals surface area contributed by atoms with E-state index >= 15 is 0 Å². The van der Waals surface area contributed by atoms with Crippen LogP contribution in [0.3, 0.4) is 0 Å². The molecule has 3 aromatic rings. The van der Waals surface area contributed by atoms with Crippen LogP contribution >= 0.6 is 23.6 Å². The van der Waals surface area contributed by atoms with E-state index in [1.807, 2.05) is 24.6 Å². The number of pyridine rings is 1. The van der Waals surface area contributed by atoms with Gasteiger partial charge in [-0.05, 0) is 37.7 Å². The molecule has 0 aliphatic carbocycles. The van der Waals surface area contributed by atoms with Crippen molar-refractivity contribution in [3.05, 3.63) is 38.7 Å². The number of nitrogens with zero attached hydrogens (tertiary/aromatic N) is 3. The maximum absolute atomic E-state index is 5.37. The zero-order valence-electron chi connectivity index (χ0n) is 10.8. The molecule has 0 aromatic carbocycles. The van der Waals surface area contributed by atoms with Crippen LogP contribution in [0.5, 0.6) is 0 Å². The molecule has 0 amide bonds. The zero-order chi connectivity index (χ0) is 13.4. The molecule has 0 bridgehead atoms. The van der Waals surface area contributed by atoms with Gasteiger partial charge in [-0.15, -0.1) is 11.3 Å². The Hall–Kier alpha value is -1.53. The predicted molar refractivity (Wildman–Crippen MR) is 80.2 cm³/mol. The third-order valence-corrected chi connectivity index (χ3v) is 4.15. The van der Waals surface area contributed by atoms with Crippen LogP contribution in [0.25, 0.3) is 11.2 Å². The molecule has 6 heteroatoms. The highest BCUT2D eigenvalue weighted by Crippen LogP contribution is 2.15. The summed E-state index contributed by atoms with van der Waals surface area (Å²) in [6, 6.07) is 2.07. The first-order chi connectivity index (χ1) is 9.13. The van der Waals surface area contributed by atoms with Crippen molar-refractivity contribution in [2.75, 3.05) is 0 Å². The molecule has 0 saturated heterocycles. The summed E-state index contributed by atoms with van der Waals surface area (Å²) in [5.74, 6) is 0. The van der Waals surface area contributed by atoms with Gasteiger partial charge in [0.05, 0.1) is 16.2 Å². The van der Waals surface area contributed by atoms with Gasteiger partial charge in [-0.1, -0.05) is 0 Å². The van der Waals surface area contributed by atoms with Gasteiger partial charge in [0.1, 0.15) is 0 Å². The topological polar surface area (TPSA) is 46.5 Å². The summed E-state index contributed by atoms with van der Waals surface area (Å²) >= 11 is 7.05. The minimum Gasteiger partial charge on any atom is -0.329 e. The van der Waals surface area contributed by atoms with E-state index in [-0.39, 0.29) is 0 Å². The lowest BCUT2D eigenvalue weighted by Gasteiger charge is -2.02. The SMILES string of the molecule is Cc1cnc2c(c1)[nH]c(=S)n2CCc1csc(C)n1. The molecule has 98 valence electrons. The van der Waals surface area contributed by atoms with Crippen molar-refractivity contribution < 1.29 is 0 Å². The smallest absolute Gasteiger partial charge is 0.179 e. The lowest BCUT2D eigenvalue weighted by Crippen LogP contribution is -2.02. The zero-order valence-corrected chi connectivity index (χ0v) is 12.4. The summed E-state index contributed by atoms with van der Waals surface area (Å²) in [6.45, 7) is 4.85. The van der Waals surface area contributed by atoms with Crippen molar-refractivity contribution >= 4 is 34.7 Å². The van der Waals surface area contributed by atoms with Crippen LogP contribution in [0.1, 0.15) is 16.3 Å². The summed E-state index contributed by atoms with van der Waals surface area (Å²) in [5, 5.41) is 3.21. The molecule has 3 aromatic heterocycles. The Bertz CT molecular complexity index is 781. The number of imidazole rings is 1. The van der Waals surface area contributed by atoms with Crippen molar-refractivity contribution in [3.8, 4) is 0 Å². The van der Waals surface area contributed by atoms with E-state index in [2.05, 4.69) is 26.4 Å². The lowest BCUT2D eigenvalue weighted by atomic mass is 10.3. The molecule has 0 unspecified atom stereocenters. The van der Waals surface area contributed by atoms with E-state index in [9.17, 15) is 0 Å². The second-order valence-corrected chi connectivity index (χ2v) is 6.02. The van der Waals surface area contributed by atoms with Crippen molar-refractivity contribution in [2.45, 2.75) is 26.8 Å². The average Bonchev–Trinajstić information content (AvgIpc) is 2.89. The molecule has 19 heavy (non-hydrogen) atoms. The van der Waals surface area contributed by atoms with Gasteiger partial charge in [0.15, 0.2) is 10.4 Å². The summed E-state index contributed by atoms with van der Waals surface area (Å²) in [6.07, 6.45) is 2.75. The van der Waals surface area contributed by atoms with Crippen molar-refractivity contribution in [2.24, 2.45) is 0 Å². The Morgan fingerprint density at radius 3 is 3.00 bits per heavy atom. The van der Waals surface area contributed by atoms with E-state index in [0.29, 0.717) is 0 Å². The van der Waals surface area contributed by atoms with Crippen molar-refractivity contribution in [1.82, 2.24) is 19.5 Å². The van der Waals surface area contributed by atoms with Crippen LogP contribution in [0.4, 0.5) is 0 Å². The molecular weight excluding hydrogens is 276 g/mol. The highest BCUT2D eigenvalue weighted by molar-refractivity contribution is 7.71. The molecule has 0 aliphatic heterocycles. The van der Waals surface area contributed by atoms with Gasteiger partial charge in [0, 0.05) is 24.5 Å². The standard InChI is InChI=1S/C13H14N4S2/c1-8-5-11-12(14-6-8)17(13(18)16-11)4-3-10-7-19-9(2)15-10/h5-7H,3-4H2,1-2H3,(H,16,18). The van der Waals surface area contributed by atoms with Gasteiger partial charge in [0.2, 0.25) is 0 Å². The average molecular weight is 290 g/mol. The first-order valence-electron chi connectivity index (χ1n) is 6.09. The van der Waals surface area contributed by atoms with Gasteiger partial charge in [0.25, 0.3) is 0 Å². The van der Waals surface area contributed by atoms with Crippen LogP contribution in [0, 0.1) is 18.6 Å². The summed E-state index contributed by atoms with van der Waals surface area (Å²) < 4.78 is 2.76. The van der Waals surface area contributed by atoms with Crippen LogP contribution in [0.15, 0.2) is 17.6 Å². The first-order valence-corrected chi connectivity index (χ1v) is 7.38. The molecule has 0 radical (unpaired) electrons. The Balaban J connectivity index is 1.92. The summed E-state index contributed by atoms with van der Waals surface area (Å²) in [5.41, 5.74) is 4.17. The second kappa shape index (κ2) is 4.86. The number of hydrogen-bond acceptors (Lipinski definition) is 4. The number of H-pyrrole nitrogens is 1. The van der Waals surface area contributed by atoms with Crippen LogP contribution in [-0.4, -0.2) is 19.5 Å². The molecular formula is C13H14N4S2. The molecule has 0 saturated carbocycles. The molecule has 1 N–H and O–H groups in total. The number of rotatable bonds is 3. The first kappa shape index (κ1) is 12.5. The number of aromatic amines is 1. The van der Waals surface area contributed by atoms with E-state index in [0.717, 1.165) is 45.2 Å². The number of aryl methyl sites for hydroxylation is 4. The Labute approximate surface area is 120 Å². The normalized spacial score (nSPS) is 11.3. The van der Waals surface area contributed by atoms with E-state index < -0.39 is 0 Å². The lowest BCUT2D eigenvalue weighted by molar-refractivity contribution is 0.691. The molecule has 3 heterocycles. The van der Waals surface area contributed by atoms with Crippen LogP contribution in [-0.2, 0) is 13.0 Å². The number of hydrogen-bond donors (Lipinski definition) is 1. The van der Waals surface area contributed by atoms with Crippen molar-refractivity contribution in [3.63, 3.8) is 0 Å². The number of thiazole rings is 1. The van der Waals surface area contributed by atoms with Crippen LogP contribution < -0.4 is 0 Å². The maximum atomic E-state index is 5.37. The van der Waals surface area contributed by atoms with Crippen LogP contribution in [0.2, 0.25) is 0 Å². The number of fused-ring (bicyclic) bond motifs is 1. The molecule has 3 rings (SSSR count). The molecule has 0 aliphatic rings. The largest absolute Gasteiger partial charge is 0.329 e. The minimum atomic E-state index is 0.722. The van der Waals surface area contributed by atoms with Gasteiger partial charge >= 0.3 is 0 Å². The fourth-order valence-corrected chi connectivity index (χ4v) is 3.04. The third-order valence-electron chi connectivity index (χ3n) is 3.00. The van der Waals surface area contributed by atoms with Gasteiger partial charge in [-0.3, -0.25) is 0 Å². The highest BCUT2D eigenvalue weighted by Gasteiger charge is 2.07. The summed E-state index contributed by atoms with van der Waals surface area (Å²) in [4.78, 5) is 12.1. The maximum Gasteiger partial charge on any atom is 0.179 e. The fraction of sp³-hybridized carbons (Fsp3) is 0.308. The second-order valence-electron chi connectivity index (χ2n) is 4.57. The summed E-state index contributed by atoms with van der Waals surface area (Å²) in [7, 11) is 0. The molecule has 0 fully saturated rings. The Morgan fingerprint density at radius 2 is 2.26 bits per heavy atom. The van der Waals surface area contributed by atoms with E-state index in [1.54, 1.807) is 11.3 Å². The minimum absolute atomic E-state index is 0.722. The van der Waals surface area contributed by atoms with E-state index in [4.69, 9.17) is 12.2 Å². The fourth-order valence-electron chi connectivity index (χ4n) is 2.10. The quantitative estimate of drug-likeness (QED) is 0.752. The van der Waals surface area contributed by atoms with Gasteiger partial charge in [-0.2, -0.15) is 0 Å². The number of aromatic nitrogens is 4. The predicted octanol–water partition coefficient (Wildman–Crippen LogP) is 3.41. The van der Waals surface area contributed by atoms with Crippen molar-refractivity contribution in [1.29, 1.82) is 0 Å². The molecule has 0 atom stereocenters. The highest BCUT2D eigenvalue weighted by atomic mass is 32.1.